The maximum Gasteiger partial charge on any atom is 0.418 e. The van der Waals surface area contributed by atoms with Crippen molar-refractivity contribution in [2.75, 3.05) is 0 Å². The van der Waals surface area contributed by atoms with Gasteiger partial charge in [0.25, 0.3) is 5.56 Å². The minimum Gasteiger partial charge on any atom is -0.464 e. The van der Waals surface area contributed by atoms with Crippen LogP contribution in [0.1, 0.15) is 30.2 Å². The molecule has 0 fully saturated rings. The molecule has 126 valence electrons. The van der Waals surface area contributed by atoms with Crippen LogP contribution in [0, 0.1) is 0 Å². The zero-order valence-electron chi connectivity index (χ0n) is 13.0. The lowest BCUT2D eigenvalue weighted by Crippen LogP contribution is -2.31. The number of hydrogen-bond donors (Lipinski definition) is 1. The van der Waals surface area contributed by atoms with Crippen molar-refractivity contribution in [1.82, 2.24) is 4.57 Å². The lowest BCUT2D eigenvalue weighted by molar-refractivity contribution is 0.194. The number of hydrogen-bond acceptors (Lipinski definition) is 5. The minimum absolute atomic E-state index is 0.0156. The quantitative estimate of drug-likeness (QED) is 0.894. The molecule has 0 aliphatic carbocycles. The zero-order chi connectivity index (χ0) is 17.7. The highest BCUT2D eigenvalue weighted by molar-refractivity contribution is 7.61. The molecule has 0 radical (unpaired) electrons. The molecule has 1 N–H and O–H groups in total. The molecule has 0 amide bonds. The van der Waals surface area contributed by atoms with Gasteiger partial charge < -0.3 is 5.11 Å². The van der Waals surface area contributed by atoms with Crippen molar-refractivity contribution in [2.45, 2.75) is 26.2 Å². The Kier molecular flexibility index (Phi) is 5.64. The summed E-state index contributed by atoms with van der Waals surface area (Å²) < 4.78 is 26.1. The van der Waals surface area contributed by atoms with Crippen LogP contribution < -0.4 is 5.56 Å². The van der Waals surface area contributed by atoms with Crippen LogP contribution in [-0.4, -0.2) is 24.2 Å². The Hall–Kier alpha value is -2.74. The van der Waals surface area contributed by atoms with Gasteiger partial charge in [0.1, 0.15) is 0 Å². The van der Waals surface area contributed by atoms with Crippen LogP contribution in [0.2, 0.25) is 0 Å². The van der Waals surface area contributed by atoms with Crippen molar-refractivity contribution < 1.29 is 18.3 Å². The maximum atomic E-state index is 12.6. The first-order valence-electron chi connectivity index (χ1n) is 7.30. The number of carbonyl (C=O) groups is 1. The first kappa shape index (κ1) is 17.6. The van der Waals surface area contributed by atoms with E-state index in [4.69, 9.17) is 0 Å². The van der Waals surface area contributed by atoms with E-state index in [1.807, 2.05) is 6.92 Å². The number of nitrogens with zero attached hydrogens (tertiary/aromatic N) is 2. The molecule has 0 saturated heterocycles. The van der Waals surface area contributed by atoms with Crippen molar-refractivity contribution in [1.29, 1.82) is 0 Å². The molecule has 0 aliphatic rings. The SMILES string of the molecule is CCCc1cc(N=S(=O)=O)c(Cc2ccccc2)c(=O)n1C(=O)O. The molecular weight excluding hydrogens is 332 g/mol. The van der Waals surface area contributed by atoms with E-state index in [9.17, 15) is 23.1 Å². The van der Waals surface area contributed by atoms with Gasteiger partial charge in [0.2, 0.25) is 0 Å². The van der Waals surface area contributed by atoms with Crippen molar-refractivity contribution in [3.8, 4) is 0 Å². The third kappa shape index (κ3) is 3.96. The molecule has 8 heteroatoms. The fourth-order valence-corrected chi connectivity index (χ4v) is 2.79. The number of carboxylic acid groups (broad SMARTS) is 1. The van der Waals surface area contributed by atoms with Gasteiger partial charge in [-0.3, -0.25) is 4.79 Å². The fourth-order valence-electron chi connectivity index (χ4n) is 2.46. The summed E-state index contributed by atoms with van der Waals surface area (Å²) in [7, 11) is -2.74. The number of benzene rings is 1. The number of pyridine rings is 1. The molecule has 0 atom stereocenters. The number of aryl methyl sites for hydroxylation is 1. The lowest BCUT2D eigenvalue weighted by Gasteiger charge is -2.12. The van der Waals surface area contributed by atoms with Gasteiger partial charge in [-0.2, -0.15) is 8.42 Å². The van der Waals surface area contributed by atoms with E-state index in [-0.39, 0.29) is 23.4 Å². The average Bonchev–Trinajstić information content (AvgIpc) is 2.51. The van der Waals surface area contributed by atoms with Gasteiger partial charge in [-0.1, -0.05) is 43.7 Å². The van der Waals surface area contributed by atoms with Crippen LogP contribution in [0.5, 0.6) is 0 Å². The normalized spacial score (nSPS) is 10.4. The van der Waals surface area contributed by atoms with E-state index in [1.54, 1.807) is 30.3 Å². The number of rotatable bonds is 5. The van der Waals surface area contributed by atoms with Crippen molar-refractivity contribution in [2.24, 2.45) is 4.36 Å². The summed E-state index contributed by atoms with van der Waals surface area (Å²) in [6.45, 7) is 1.83. The summed E-state index contributed by atoms with van der Waals surface area (Å²) in [4.78, 5) is 24.1. The fraction of sp³-hybridized carbons (Fsp3) is 0.250. The summed E-state index contributed by atoms with van der Waals surface area (Å²) in [6, 6.07) is 10.2. The van der Waals surface area contributed by atoms with E-state index in [0.29, 0.717) is 17.4 Å². The summed E-state index contributed by atoms with van der Waals surface area (Å²) in [6.07, 6.45) is -0.381. The van der Waals surface area contributed by atoms with Gasteiger partial charge in [-0.15, -0.1) is 4.36 Å². The largest absolute Gasteiger partial charge is 0.464 e. The topological polar surface area (TPSA) is 106 Å². The average molecular weight is 348 g/mol. The van der Waals surface area contributed by atoms with Gasteiger partial charge in [-0.05, 0) is 18.1 Å². The zero-order valence-corrected chi connectivity index (χ0v) is 13.8. The summed E-state index contributed by atoms with van der Waals surface area (Å²) in [5.41, 5.74) is 0.228. The maximum absolute atomic E-state index is 12.6. The van der Waals surface area contributed by atoms with Crippen LogP contribution in [0.25, 0.3) is 0 Å². The molecule has 7 nitrogen and oxygen atoms in total. The highest BCUT2D eigenvalue weighted by Crippen LogP contribution is 2.21. The van der Waals surface area contributed by atoms with Crippen LogP contribution in [0.4, 0.5) is 10.5 Å². The third-order valence-corrected chi connectivity index (χ3v) is 3.80. The molecule has 1 aromatic carbocycles. The summed E-state index contributed by atoms with van der Waals surface area (Å²) >= 11 is 0. The first-order chi connectivity index (χ1) is 11.4. The number of aromatic nitrogens is 1. The van der Waals surface area contributed by atoms with Gasteiger partial charge in [-0.25, -0.2) is 9.36 Å². The van der Waals surface area contributed by atoms with Gasteiger partial charge in [0.15, 0.2) is 0 Å². The van der Waals surface area contributed by atoms with Gasteiger partial charge in [0.05, 0.1) is 5.69 Å². The molecule has 2 rings (SSSR count). The highest BCUT2D eigenvalue weighted by atomic mass is 32.2. The van der Waals surface area contributed by atoms with Crippen LogP contribution in [-0.2, 0) is 23.3 Å². The minimum atomic E-state index is -2.74. The summed E-state index contributed by atoms with van der Waals surface area (Å²) in [5.74, 6) is 0. The predicted octanol–water partition coefficient (Wildman–Crippen LogP) is 2.61. The van der Waals surface area contributed by atoms with Gasteiger partial charge in [0, 0.05) is 17.7 Å². The second-order valence-corrected chi connectivity index (χ2v) is 5.76. The van der Waals surface area contributed by atoms with Crippen LogP contribution in [0.3, 0.4) is 0 Å². The van der Waals surface area contributed by atoms with E-state index < -0.39 is 22.2 Å². The van der Waals surface area contributed by atoms with E-state index in [2.05, 4.69) is 4.36 Å². The molecular formula is C16H16N2O5S. The first-order valence-corrected chi connectivity index (χ1v) is 8.33. The molecule has 0 unspecified atom stereocenters. The third-order valence-electron chi connectivity index (χ3n) is 3.46. The Morgan fingerprint density at radius 2 is 1.92 bits per heavy atom. The second kappa shape index (κ2) is 7.69. The van der Waals surface area contributed by atoms with E-state index >= 15 is 0 Å². The molecule has 2 aromatic rings. The van der Waals surface area contributed by atoms with Gasteiger partial charge >= 0.3 is 16.6 Å². The molecule has 1 heterocycles. The van der Waals surface area contributed by atoms with Crippen LogP contribution in [0.15, 0.2) is 45.6 Å². The molecule has 24 heavy (non-hydrogen) atoms. The Morgan fingerprint density at radius 3 is 2.46 bits per heavy atom. The Morgan fingerprint density at radius 1 is 1.25 bits per heavy atom. The second-order valence-electron chi connectivity index (χ2n) is 5.14. The Balaban J connectivity index is 2.74. The van der Waals surface area contributed by atoms with Crippen molar-refractivity contribution >= 4 is 22.3 Å². The van der Waals surface area contributed by atoms with Crippen LogP contribution >= 0.6 is 0 Å². The monoisotopic (exact) mass is 348 g/mol. The Labute approximate surface area is 139 Å². The molecule has 0 aliphatic heterocycles. The van der Waals surface area contributed by atoms with Crippen molar-refractivity contribution in [3.05, 3.63) is 63.6 Å². The Bertz CT molecular complexity index is 938. The standard InChI is InChI=1S/C16H16N2O5S/c1-2-6-12-10-14(17-24(22)23)13(15(19)18(12)16(20)21)9-11-7-4-3-5-8-11/h3-5,7-8,10H,2,6,9H2,1H3,(H,20,21). The molecule has 0 bridgehead atoms. The highest BCUT2D eigenvalue weighted by Gasteiger charge is 2.19. The predicted molar refractivity (Wildman–Crippen MR) is 88.4 cm³/mol. The lowest BCUT2D eigenvalue weighted by atomic mass is 10.0. The van der Waals surface area contributed by atoms with Crippen molar-refractivity contribution in [3.63, 3.8) is 0 Å². The molecule has 0 spiro atoms. The molecule has 1 aromatic heterocycles. The smallest absolute Gasteiger partial charge is 0.418 e. The summed E-state index contributed by atoms with van der Waals surface area (Å²) in [5, 5.41) is 9.35. The van der Waals surface area contributed by atoms with E-state index in [0.717, 1.165) is 5.56 Å². The van der Waals surface area contributed by atoms with E-state index in [1.165, 1.54) is 6.07 Å². The molecule has 0 saturated carbocycles.